The van der Waals surface area contributed by atoms with Gasteiger partial charge in [-0.15, -0.1) is 5.10 Å². The Hall–Kier alpha value is -1.98. The van der Waals surface area contributed by atoms with E-state index in [1.807, 2.05) is 6.07 Å². The largest absolute Gasteiger partial charge is 0.347 e. The molecule has 2 aromatic rings. The molecule has 6 nitrogen and oxygen atoms in total. The summed E-state index contributed by atoms with van der Waals surface area (Å²) in [5.74, 6) is 0.564. The highest BCUT2D eigenvalue weighted by Crippen LogP contribution is 2.07. The number of hydrogen-bond donors (Lipinski definition) is 2. The smallest absolute Gasteiger partial charge is 0.243 e. The van der Waals surface area contributed by atoms with Crippen molar-refractivity contribution in [1.29, 1.82) is 0 Å². The molecule has 17 heavy (non-hydrogen) atoms. The van der Waals surface area contributed by atoms with Crippen molar-refractivity contribution < 1.29 is 0 Å². The fourth-order valence-corrected chi connectivity index (χ4v) is 1.57. The van der Waals surface area contributed by atoms with Gasteiger partial charge in [0.05, 0.1) is 23.6 Å². The zero-order valence-electron chi connectivity index (χ0n) is 10.1. The van der Waals surface area contributed by atoms with Crippen molar-refractivity contribution in [3.8, 4) is 0 Å². The average Bonchev–Trinajstić information content (AvgIpc) is 2.89. The third-order valence-corrected chi connectivity index (χ3v) is 2.50. The van der Waals surface area contributed by atoms with Crippen LogP contribution in [0.4, 0.5) is 5.95 Å². The summed E-state index contributed by atoms with van der Waals surface area (Å²) in [6, 6.07) is 1.90. The van der Waals surface area contributed by atoms with E-state index in [2.05, 4.69) is 44.5 Å². The predicted octanol–water partition coefficient (Wildman–Crippen LogP) is 1.33. The van der Waals surface area contributed by atoms with Crippen LogP contribution in [0.25, 0.3) is 0 Å². The van der Waals surface area contributed by atoms with Gasteiger partial charge in [0.15, 0.2) is 0 Å². The lowest BCUT2D eigenvalue weighted by molar-refractivity contribution is 0.816. The molecule has 0 aliphatic heterocycles. The molecule has 2 rings (SSSR count). The molecule has 0 bridgehead atoms. The topological polar surface area (TPSA) is 79.4 Å². The van der Waals surface area contributed by atoms with Crippen LogP contribution >= 0.6 is 0 Å². The molecule has 0 aliphatic rings. The van der Waals surface area contributed by atoms with Crippen LogP contribution in [0.5, 0.6) is 0 Å². The monoisotopic (exact) mass is 232 g/mol. The Morgan fingerprint density at radius 2 is 2.00 bits per heavy atom. The fraction of sp³-hybridized carbons (Fsp3) is 0.455. The number of rotatable bonds is 5. The zero-order chi connectivity index (χ0) is 12.1. The predicted molar refractivity (Wildman–Crippen MR) is 64.5 cm³/mol. The third kappa shape index (κ3) is 2.77. The number of nitrogens with zero attached hydrogens (tertiary/aromatic N) is 4. The Bertz CT molecular complexity index is 465. The van der Waals surface area contributed by atoms with Gasteiger partial charge in [-0.25, -0.2) is 4.98 Å². The van der Waals surface area contributed by atoms with Gasteiger partial charge in [-0.2, -0.15) is 10.2 Å². The molecule has 0 fully saturated rings. The molecule has 0 saturated carbocycles. The van der Waals surface area contributed by atoms with Crippen LogP contribution in [0.2, 0.25) is 0 Å². The molecule has 0 unspecified atom stereocenters. The highest BCUT2D eigenvalue weighted by Gasteiger charge is 2.05. The minimum absolute atomic E-state index is 0.564. The quantitative estimate of drug-likeness (QED) is 0.813. The molecule has 2 heterocycles. The van der Waals surface area contributed by atoms with E-state index in [1.165, 1.54) is 0 Å². The molecule has 90 valence electrons. The second kappa shape index (κ2) is 5.38. The van der Waals surface area contributed by atoms with Gasteiger partial charge in [0.25, 0.3) is 0 Å². The Balaban J connectivity index is 2.06. The molecule has 0 amide bonds. The van der Waals surface area contributed by atoms with Crippen molar-refractivity contribution in [2.75, 3.05) is 5.32 Å². The van der Waals surface area contributed by atoms with Gasteiger partial charge in [-0.1, -0.05) is 13.8 Å². The van der Waals surface area contributed by atoms with Crippen LogP contribution in [-0.4, -0.2) is 25.4 Å². The van der Waals surface area contributed by atoms with Gasteiger partial charge in [-0.05, 0) is 18.9 Å². The van der Waals surface area contributed by atoms with Crippen LogP contribution in [-0.2, 0) is 19.4 Å². The van der Waals surface area contributed by atoms with E-state index in [9.17, 15) is 0 Å². The first-order valence-corrected chi connectivity index (χ1v) is 5.78. The van der Waals surface area contributed by atoms with Crippen LogP contribution < -0.4 is 5.32 Å². The van der Waals surface area contributed by atoms with Crippen LogP contribution in [0.3, 0.4) is 0 Å². The number of aryl methyl sites for hydroxylation is 2. The summed E-state index contributed by atoms with van der Waals surface area (Å²) in [5, 5.41) is 18.1. The maximum Gasteiger partial charge on any atom is 0.243 e. The van der Waals surface area contributed by atoms with Crippen LogP contribution in [0.15, 0.2) is 12.3 Å². The van der Waals surface area contributed by atoms with Gasteiger partial charge in [0.2, 0.25) is 5.95 Å². The summed E-state index contributed by atoms with van der Waals surface area (Å²) in [5.41, 5.74) is 2.97. The molecule has 0 spiro atoms. The van der Waals surface area contributed by atoms with Crippen molar-refractivity contribution in [2.45, 2.75) is 33.2 Å². The molecule has 0 saturated heterocycles. The Labute approximate surface area is 99.9 Å². The van der Waals surface area contributed by atoms with Crippen molar-refractivity contribution >= 4 is 5.95 Å². The molecule has 0 atom stereocenters. The van der Waals surface area contributed by atoms with Crippen molar-refractivity contribution in [1.82, 2.24) is 25.4 Å². The van der Waals surface area contributed by atoms with Crippen LogP contribution in [0, 0.1) is 0 Å². The van der Waals surface area contributed by atoms with Crippen molar-refractivity contribution in [3.63, 3.8) is 0 Å². The SMILES string of the molecule is CCc1nnc(NCc2ccn[nH]2)nc1CC. The molecule has 6 heteroatoms. The standard InChI is InChI=1S/C11H16N6/c1-3-9-10(4-2)16-17-11(14-9)12-7-8-5-6-13-15-8/h5-6H,3-4,7H2,1-2H3,(H,13,15)(H,12,14,17). The number of hydrogen-bond acceptors (Lipinski definition) is 5. The lowest BCUT2D eigenvalue weighted by atomic mass is 10.2. The number of nitrogens with one attached hydrogen (secondary N) is 2. The number of anilines is 1. The summed E-state index contributed by atoms with van der Waals surface area (Å²) in [6.07, 6.45) is 3.45. The average molecular weight is 232 g/mol. The molecule has 0 radical (unpaired) electrons. The van der Waals surface area contributed by atoms with E-state index in [0.717, 1.165) is 29.9 Å². The van der Waals surface area contributed by atoms with E-state index in [1.54, 1.807) is 6.20 Å². The molecule has 2 N–H and O–H groups in total. The van der Waals surface area contributed by atoms with E-state index in [-0.39, 0.29) is 0 Å². The van der Waals surface area contributed by atoms with Gasteiger partial charge in [0, 0.05) is 6.20 Å². The summed E-state index contributed by atoms with van der Waals surface area (Å²) >= 11 is 0. The second-order valence-electron chi connectivity index (χ2n) is 3.67. The summed E-state index contributed by atoms with van der Waals surface area (Å²) in [7, 11) is 0. The maximum absolute atomic E-state index is 4.44. The normalized spacial score (nSPS) is 10.5. The fourth-order valence-electron chi connectivity index (χ4n) is 1.57. The number of H-pyrrole nitrogens is 1. The molecule has 0 aromatic carbocycles. The zero-order valence-corrected chi connectivity index (χ0v) is 10.1. The molecule has 0 aliphatic carbocycles. The highest BCUT2D eigenvalue weighted by atomic mass is 15.2. The first-order chi connectivity index (χ1) is 8.33. The van der Waals surface area contributed by atoms with Gasteiger partial charge < -0.3 is 5.32 Å². The highest BCUT2D eigenvalue weighted by molar-refractivity contribution is 5.26. The molecule has 2 aromatic heterocycles. The van der Waals surface area contributed by atoms with E-state index in [4.69, 9.17) is 0 Å². The van der Waals surface area contributed by atoms with Gasteiger partial charge >= 0.3 is 0 Å². The van der Waals surface area contributed by atoms with E-state index < -0.39 is 0 Å². The number of aromatic nitrogens is 5. The first-order valence-electron chi connectivity index (χ1n) is 5.78. The van der Waals surface area contributed by atoms with Gasteiger partial charge in [-0.3, -0.25) is 5.10 Å². The lowest BCUT2D eigenvalue weighted by Gasteiger charge is -2.06. The lowest BCUT2D eigenvalue weighted by Crippen LogP contribution is -2.09. The van der Waals surface area contributed by atoms with E-state index >= 15 is 0 Å². The first kappa shape index (κ1) is 11.5. The molecular weight excluding hydrogens is 216 g/mol. The van der Waals surface area contributed by atoms with E-state index in [0.29, 0.717) is 12.5 Å². The Kier molecular flexibility index (Phi) is 3.64. The summed E-state index contributed by atoms with van der Waals surface area (Å²) in [6.45, 7) is 4.75. The van der Waals surface area contributed by atoms with Crippen molar-refractivity contribution in [3.05, 3.63) is 29.3 Å². The minimum Gasteiger partial charge on any atom is -0.347 e. The molecular formula is C11H16N6. The Morgan fingerprint density at radius 3 is 2.65 bits per heavy atom. The van der Waals surface area contributed by atoms with Crippen molar-refractivity contribution in [2.24, 2.45) is 0 Å². The maximum atomic E-state index is 4.44. The summed E-state index contributed by atoms with van der Waals surface area (Å²) < 4.78 is 0. The third-order valence-electron chi connectivity index (χ3n) is 2.50. The minimum atomic E-state index is 0.564. The summed E-state index contributed by atoms with van der Waals surface area (Å²) in [4.78, 5) is 4.44. The van der Waals surface area contributed by atoms with Gasteiger partial charge in [0.1, 0.15) is 0 Å². The van der Waals surface area contributed by atoms with Crippen LogP contribution in [0.1, 0.15) is 30.9 Å². The second-order valence-corrected chi connectivity index (χ2v) is 3.67. The number of aromatic amines is 1. The Morgan fingerprint density at radius 1 is 1.18 bits per heavy atom.